The van der Waals surface area contributed by atoms with E-state index >= 15 is 0 Å². The summed E-state index contributed by atoms with van der Waals surface area (Å²) in [5, 5.41) is 11.7. The summed E-state index contributed by atoms with van der Waals surface area (Å²) in [7, 11) is 1.63. The van der Waals surface area contributed by atoms with E-state index in [0.29, 0.717) is 12.1 Å². The van der Waals surface area contributed by atoms with E-state index in [1.165, 1.54) is 12.1 Å². The molecule has 2 aromatic rings. The average molecular weight is 403 g/mol. The van der Waals surface area contributed by atoms with Crippen molar-refractivity contribution in [2.45, 2.75) is 38.0 Å². The van der Waals surface area contributed by atoms with E-state index in [2.05, 4.69) is 14.2 Å². The van der Waals surface area contributed by atoms with Gasteiger partial charge in [-0.15, -0.1) is 0 Å². The molecule has 1 N–H and O–H groups in total. The third kappa shape index (κ3) is 3.79. The molecular formula is C22H25F2N2O3+. The van der Waals surface area contributed by atoms with Gasteiger partial charge in [0.2, 0.25) is 0 Å². The molecule has 0 radical (unpaired) electrons. The molecule has 4 rings (SSSR count). The number of ether oxygens (including phenoxy) is 2. The first-order valence-electron chi connectivity index (χ1n) is 9.84. The van der Waals surface area contributed by atoms with Crippen LogP contribution in [-0.2, 0) is 5.72 Å². The lowest BCUT2D eigenvalue weighted by atomic mass is 10.0. The minimum absolute atomic E-state index is 0.0810. The van der Waals surface area contributed by atoms with Crippen molar-refractivity contribution in [1.29, 1.82) is 0 Å². The number of hydrogen-bond donors (Lipinski definition) is 1. The van der Waals surface area contributed by atoms with Gasteiger partial charge in [0, 0.05) is 12.0 Å². The number of β-amino-alcohol motifs (C(OH)–C–C–N with tert-alkyl or cyclic N) is 1. The van der Waals surface area contributed by atoms with Crippen LogP contribution in [0.2, 0.25) is 0 Å². The molecule has 0 saturated carbocycles. The Hall–Kier alpha value is -2.67. The Kier molecular flexibility index (Phi) is 5.41. The number of methoxy groups -OCH3 is 1. The van der Waals surface area contributed by atoms with Gasteiger partial charge < -0.3 is 14.6 Å². The molecule has 154 valence electrons. The van der Waals surface area contributed by atoms with E-state index in [9.17, 15) is 13.9 Å². The predicted octanol–water partition coefficient (Wildman–Crippen LogP) is 3.95. The van der Waals surface area contributed by atoms with Crippen LogP contribution in [0.4, 0.5) is 14.5 Å². The van der Waals surface area contributed by atoms with E-state index < -0.39 is 12.3 Å². The maximum absolute atomic E-state index is 12.5. The molecule has 2 heterocycles. The van der Waals surface area contributed by atoms with E-state index in [4.69, 9.17) is 4.74 Å². The largest absolute Gasteiger partial charge is 0.497 e. The smallest absolute Gasteiger partial charge is 0.387 e. The van der Waals surface area contributed by atoms with Gasteiger partial charge >= 0.3 is 6.61 Å². The molecule has 5 nitrogen and oxygen atoms in total. The lowest BCUT2D eigenvalue weighted by Crippen LogP contribution is -2.41. The van der Waals surface area contributed by atoms with E-state index in [1.807, 2.05) is 24.3 Å². The highest BCUT2D eigenvalue weighted by molar-refractivity contribution is 5.96. The first-order valence-corrected chi connectivity index (χ1v) is 9.84. The lowest BCUT2D eigenvalue weighted by molar-refractivity contribution is -0.658. The van der Waals surface area contributed by atoms with Gasteiger partial charge in [-0.1, -0.05) is 0 Å². The quantitative estimate of drug-likeness (QED) is 0.768. The van der Waals surface area contributed by atoms with Gasteiger partial charge in [0.05, 0.1) is 13.7 Å². The van der Waals surface area contributed by atoms with Crippen LogP contribution in [0.5, 0.6) is 11.5 Å². The fourth-order valence-electron chi connectivity index (χ4n) is 4.22. The van der Waals surface area contributed by atoms with Crippen molar-refractivity contribution in [2.24, 2.45) is 0 Å². The molecule has 2 aliphatic heterocycles. The molecule has 0 unspecified atom stereocenters. The maximum Gasteiger partial charge on any atom is 0.387 e. The number of nitrogens with zero attached hydrogens (tertiary/aromatic N) is 2. The highest BCUT2D eigenvalue weighted by Gasteiger charge is 2.51. The molecule has 0 spiro atoms. The minimum Gasteiger partial charge on any atom is -0.497 e. The number of hydrogen-bond acceptors (Lipinski definition) is 4. The number of aliphatic hydroxyl groups is 1. The van der Waals surface area contributed by atoms with E-state index in [0.717, 1.165) is 49.5 Å². The highest BCUT2D eigenvalue weighted by Crippen LogP contribution is 2.36. The Morgan fingerprint density at radius 3 is 2.34 bits per heavy atom. The predicted molar refractivity (Wildman–Crippen MR) is 106 cm³/mol. The van der Waals surface area contributed by atoms with Gasteiger partial charge in [0.25, 0.3) is 11.6 Å². The molecule has 0 bridgehead atoms. The second kappa shape index (κ2) is 7.99. The number of rotatable bonds is 5. The van der Waals surface area contributed by atoms with Crippen LogP contribution in [0.3, 0.4) is 0 Å². The van der Waals surface area contributed by atoms with E-state index in [1.54, 1.807) is 19.2 Å². The summed E-state index contributed by atoms with van der Waals surface area (Å²) >= 11 is 0. The van der Waals surface area contributed by atoms with Crippen LogP contribution >= 0.6 is 0 Å². The summed E-state index contributed by atoms with van der Waals surface area (Å²) in [5.41, 5.74) is 0.416. The monoisotopic (exact) mass is 403 g/mol. The topological polar surface area (TPSA) is 44.9 Å². The van der Waals surface area contributed by atoms with Gasteiger partial charge in [-0.3, -0.25) is 0 Å². The summed E-state index contributed by atoms with van der Waals surface area (Å²) in [6.07, 6.45) is 4.04. The van der Waals surface area contributed by atoms with Gasteiger partial charge in [-0.25, -0.2) is 9.48 Å². The average Bonchev–Trinajstić information content (AvgIpc) is 2.87. The van der Waals surface area contributed by atoms with Gasteiger partial charge in [0.15, 0.2) is 6.54 Å². The first-order chi connectivity index (χ1) is 14.0. The summed E-state index contributed by atoms with van der Waals surface area (Å²) in [5.74, 6) is 1.95. The summed E-state index contributed by atoms with van der Waals surface area (Å²) < 4.78 is 36.7. The highest BCUT2D eigenvalue weighted by atomic mass is 19.3. The Morgan fingerprint density at radius 1 is 1.00 bits per heavy atom. The molecule has 29 heavy (non-hydrogen) atoms. The van der Waals surface area contributed by atoms with Crippen LogP contribution < -0.4 is 14.4 Å². The Labute approximate surface area is 168 Å². The molecule has 0 saturated heterocycles. The first kappa shape index (κ1) is 19.6. The van der Waals surface area contributed by atoms with Gasteiger partial charge in [-0.2, -0.15) is 8.78 Å². The second-order valence-corrected chi connectivity index (χ2v) is 7.38. The third-order valence-corrected chi connectivity index (χ3v) is 5.66. The molecule has 0 aliphatic carbocycles. The summed E-state index contributed by atoms with van der Waals surface area (Å²) in [6.45, 7) is -1.76. The van der Waals surface area contributed by atoms with Gasteiger partial charge in [-0.05, 0) is 67.8 Å². The lowest BCUT2D eigenvalue weighted by Gasteiger charge is -2.23. The number of halogens is 2. The van der Waals surface area contributed by atoms with Crippen molar-refractivity contribution in [3.05, 3.63) is 54.1 Å². The van der Waals surface area contributed by atoms with Crippen LogP contribution in [0.1, 0.15) is 31.2 Å². The molecule has 0 aromatic heterocycles. The Balaban J connectivity index is 1.70. The minimum atomic E-state index is -2.87. The molecule has 2 aromatic carbocycles. The van der Waals surface area contributed by atoms with Crippen LogP contribution in [0.15, 0.2) is 48.5 Å². The van der Waals surface area contributed by atoms with Gasteiger partial charge in [0.1, 0.15) is 17.2 Å². The normalized spacial score (nSPS) is 21.9. The fourth-order valence-corrected chi connectivity index (χ4v) is 4.22. The number of amidine groups is 1. The van der Waals surface area contributed by atoms with Crippen molar-refractivity contribution in [3.8, 4) is 11.5 Å². The molecule has 0 fully saturated rings. The maximum atomic E-state index is 12.5. The van der Waals surface area contributed by atoms with Crippen molar-refractivity contribution < 1.29 is 27.9 Å². The zero-order valence-electron chi connectivity index (χ0n) is 16.4. The zero-order valence-corrected chi connectivity index (χ0v) is 16.4. The third-order valence-electron chi connectivity index (χ3n) is 5.66. The van der Waals surface area contributed by atoms with Crippen LogP contribution in [0, 0.1) is 0 Å². The van der Waals surface area contributed by atoms with E-state index in [-0.39, 0.29) is 5.75 Å². The number of benzene rings is 2. The Bertz CT molecular complexity index is 884. The van der Waals surface area contributed by atoms with Crippen molar-refractivity contribution >= 4 is 11.5 Å². The molecule has 2 aliphatic rings. The van der Waals surface area contributed by atoms with Crippen molar-refractivity contribution in [2.75, 3.05) is 25.1 Å². The summed E-state index contributed by atoms with van der Waals surface area (Å²) in [4.78, 5) is 2.15. The molecular weight excluding hydrogens is 378 g/mol. The van der Waals surface area contributed by atoms with Crippen LogP contribution in [-0.4, -0.2) is 42.3 Å². The fraction of sp³-hybridized carbons (Fsp3) is 0.409. The molecule has 7 heteroatoms. The van der Waals surface area contributed by atoms with Crippen molar-refractivity contribution in [1.82, 2.24) is 0 Å². The SMILES string of the molecule is COc1ccc(N2C[C@@](O)(c3ccc(OC(F)F)cc3)[N+]3=C2CCCCC3)cc1. The number of anilines is 1. The summed E-state index contributed by atoms with van der Waals surface area (Å²) in [6, 6.07) is 14.1. The zero-order chi connectivity index (χ0) is 20.4. The number of alkyl halides is 2. The molecule has 0 amide bonds. The second-order valence-electron chi connectivity index (χ2n) is 7.38. The standard InChI is InChI=1S/C22H25F2N2O3/c1-28-18-12-8-17(9-13-18)25-15-22(27,26-14-4-2-3-5-20(25)26)16-6-10-19(11-7-16)29-21(23)24/h6-13,21,27H,2-5,14-15H2,1H3/q+1/t22-/m1/s1. The van der Waals surface area contributed by atoms with Crippen LogP contribution in [0.25, 0.3) is 0 Å². The van der Waals surface area contributed by atoms with Crippen molar-refractivity contribution in [3.63, 3.8) is 0 Å². The molecule has 1 atom stereocenters. The Morgan fingerprint density at radius 2 is 1.69 bits per heavy atom.